The Hall–Kier alpha value is -1.70. The summed E-state index contributed by atoms with van der Waals surface area (Å²) in [5, 5.41) is 2.32. The molecule has 8 heteroatoms. The predicted molar refractivity (Wildman–Crippen MR) is 68.2 cm³/mol. The van der Waals surface area contributed by atoms with Crippen molar-refractivity contribution in [1.29, 1.82) is 0 Å². The summed E-state index contributed by atoms with van der Waals surface area (Å²) in [6.45, 7) is 5.34. The maximum absolute atomic E-state index is 11.4. The van der Waals surface area contributed by atoms with Gasteiger partial charge in [-0.3, -0.25) is 0 Å². The van der Waals surface area contributed by atoms with E-state index in [1.54, 1.807) is 0 Å². The summed E-state index contributed by atoms with van der Waals surface area (Å²) in [5.74, 6) is 0. The van der Waals surface area contributed by atoms with Crippen LogP contribution in [0.15, 0.2) is 17.4 Å². The molecule has 0 aromatic carbocycles. The molecule has 0 aliphatic carbocycles. The summed E-state index contributed by atoms with van der Waals surface area (Å²) < 4.78 is 27.5. The molecule has 0 aliphatic heterocycles. The van der Waals surface area contributed by atoms with Crippen LogP contribution in [0, 0.1) is 0 Å². The fourth-order valence-corrected chi connectivity index (χ4v) is 1.65. The van der Waals surface area contributed by atoms with Crippen molar-refractivity contribution in [2.24, 2.45) is 0 Å². The van der Waals surface area contributed by atoms with Gasteiger partial charge in [-0.1, -0.05) is 0 Å². The van der Waals surface area contributed by atoms with Crippen molar-refractivity contribution >= 4 is 15.9 Å². The predicted octanol–water partition coefficient (Wildman–Crippen LogP) is 0.905. The van der Waals surface area contributed by atoms with Gasteiger partial charge in [0.05, 0.1) is 5.69 Å². The van der Waals surface area contributed by atoms with E-state index in [9.17, 15) is 13.2 Å². The van der Waals surface area contributed by atoms with E-state index in [0.717, 1.165) is 6.26 Å². The third-order valence-electron chi connectivity index (χ3n) is 1.85. The first-order valence-corrected chi connectivity index (χ1v) is 7.44. The summed E-state index contributed by atoms with van der Waals surface area (Å²) in [6.07, 6.45) is 1.73. The van der Waals surface area contributed by atoms with Crippen LogP contribution in [0.25, 0.3) is 0 Å². The van der Waals surface area contributed by atoms with Gasteiger partial charge in [0, 0.05) is 18.0 Å². The number of nitrogens with one attached hydrogen (secondary N) is 1. The van der Waals surface area contributed by atoms with Gasteiger partial charge in [-0.25, -0.2) is 23.2 Å². The van der Waals surface area contributed by atoms with E-state index < -0.39 is 21.5 Å². The first kappa shape index (κ1) is 15.4. The maximum Gasteiger partial charge on any atom is 0.407 e. The number of sulfone groups is 1. The van der Waals surface area contributed by atoms with Gasteiger partial charge >= 0.3 is 6.09 Å². The van der Waals surface area contributed by atoms with Gasteiger partial charge in [-0.2, -0.15) is 0 Å². The Morgan fingerprint density at radius 1 is 1.42 bits per heavy atom. The smallest absolute Gasteiger partial charge is 0.407 e. The van der Waals surface area contributed by atoms with Crippen molar-refractivity contribution < 1.29 is 17.9 Å². The fraction of sp³-hybridized carbons (Fsp3) is 0.545. The van der Waals surface area contributed by atoms with Crippen LogP contribution in [0.1, 0.15) is 26.5 Å². The molecule has 0 atom stereocenters. The van der Waals surface area contributed by atoms with Crippen LogP contribution in [0.5, 0.6) is 0 Å². The number of alkyl carbamates (subject to hydrolysis) is 1. The SMILES string of the molecule is CC(C)(C)NC(=O)OCc1ccnc(S(C)(=O)=O)n1. The number of carbonyl (C=O) groups excluding carboxylic acids is 1. The summed E-state index contributed by atoms with van der Waals surface area (Å²) in [7, 11) is -3.47. The second kappa shape index (κ2) is 5.52. The molecular weight excluding hydrogens is 270 g/mol. The lowest BCUT2D eigenvalue weighted by Crippen LogP contribution is -2.40. The lowest BCUT2D eigenvalue weighted by atomic mass is 10.1. The Balaban J connectivity index is 2.67. The largest absolute Gasteiger partial charge is 0.443 e. The van der Waals surface area contributed by atoms with Crippen molar-refractivity contribution in [3.63, 3.8) is 0 Å². The number of hydrogen-bond donors (Lipinski definition) is 1. The number of nitrogens with zero attached hydrogens (tertiary/aromatic N) is 2. The van der Waals surface area contributed by atoms with Crippen molar-refractivity contribution in [2.45, 2.75) is 38.1 Å². The van der Waals surface area contributed by atoms with Gasteiger partial charge < -0.3 is 10.1 Å². The van der Waals surface area contributed by atoms with Crippen molar-refractivity contribution in [1.82, 2.24) is 15.3 Å². The normalized spacial score (nSPS) is 12.0. The topological polar surface area (TPSA) is 98.2 Å². The molecule has 0 aliphatic rings. The number of rotatable bonds is 3. The lowest BCUT2D eigenvalue weighted by molar-refractivity contribution is 0.129. The summed E-state index contributed by atoms with van der Waals surface area (Å²) in [6, 6.07) is 1.49. The summed E-state index contributed by atoms with van der Waals surface area (Å²) in [4.78, 5) is 18.9. The second-order valence-corrected chi connectivity index (χ2v) is 6.96. The van der Waals surface area contributed by atoms with Crippen LogP contribution in [0.4, 0.5) is 4.79 Å². The van der Waals surface area contributed by atoms with Gasteiger partial charge in [0.15, 0.2) is 0 Å². The standard InChI is InChI=1S/C11H17N3O4S/c1-11(2,3)14-10(15)18-7-8-5-6-12-9(13-8)19(4,16)17/h5-6H,7H2,1-4H3,(H,14,15). The van der Waals surface area contributed by atoms with E-state index in [0.29, 0.717) is 5.69 Å². The zero-order valence-corrected chi connectivity index (χ0v) is 12.1. The molecule has 0 bridgehead atoms. The van der Waals surface area contributed by atoms with Gasteiger partial charge in [0.2, 0.25) is 15.0 Å². The zero-order valence-electron chi connectivity index (χ0n) is 11.3. The molecule has 1 heterocycles. The number of amides is 1. The van der Waals surface area contributed by atoms with Crippen LogP contribution in [-0.4, -0.2) is 36.3 Å². The fourth-order valence-electron chi connectivity index (χ4n) is 1.12. The molecule has 1 aromatic rings. The molecule has 0 fully saturated rings. The molecule has 1 aromatic heterocycles. The molecule has 7 nitrogen and oxygen atoms in total. The molecule has 1 amide bonds. The Morgan fingerprint density at radius 2 is 2.05 bits per heavy atom. The highest BCUT2D eigenvalue weighted by Crippen LogP contribution is 2.05. The number of aromatic nitrogens is 2. The van der Waals surface area contributed by atoms with E-state index in [1.165, 1.54) is 12.3 Å². The third-order valence-corrected chi connectivity index (χ3v) is 2.71. The van der Waals surface area contributed by atoms with E-state index in [4.69, 9.17) is 4.74 Å². The second-order valence-electron chi connectivity index (χ2n) is 5.05. The van der Waals surface area contributed by atoms with Crippen LogP contribution in [0.3, 0.4) is 0 Å². The Bertz CT molecular complexity index is 564. The van der Waals surface area contributed by atoms with Crippen LogP contribution in [-0.2, 0) is 21.2 Å². The first-order valence-electron chi connectivity index (χ1n) is 5.55. The minimum Gasteiger partial charge on any atom is -0.443 e. The Labute approximate surface area is 112 Å². The van der Waals surface area contributed by atoms with Gasteiger partial charge in [-0.15, -0.1) is 0 Å². The summed E-state index contributed by atoms with van der Waals surface area (Å²) in [5.41, 5.74) is -0.0831. The quantitative estimate of drug-likeness (QED) is 0.829. The molecule has 0 unspecified atom stereocenters. The maximum atomic E-state index is 11.4. The molecule has 106 valence electrons. The average molecular weight is 287 g/mol. The highest BCUT2D eigenvalue weighted by Gasteiger charge is 2.15. The van der Waals surface area contributed by atoms with Gasteiger partial charge in [0.1, 0.15) is 6.61 Å². The molecule has 0 radical (unpaired) electrons. The molecule has 0 saturated carbocycles. The van der Waals surface area contributed by atoms with Gasteiger partial charge in [0.25, 0.3) is 0 Å². The van der Waals surface area contributed by atoms with E-state index in [1.807, 2.05) is 20.8 Å². The first-order chi connectivity index (χ1) is 8.58. The lowest BCUT2D eigenvalue weighted by Gasteiger charge is -2.19. The minimum absolute atomic E-state index is 0.118. The molecular formula is C11H17N3O4S. The highest BCUT2D eigenvalue weighted by atomic mass is 32.2. The van der Waals surface area contributed by atoms with Crippen molar-refractivity contribution in [2.75, 3.05) is 6.26 Å². The molecule has 0 spiro atoms. The number of carbonyl (C=O) groups is 1. The Morgan fingerprint density at radius 3 is 2.58 bits per heavy atom. The van der Waals surface area contributed by atoms with Gasteiger partial charge in [-0.05, 0) is 26.8 Å². The Kier molecular flexibility index (Phi) is 4.46. The van der Waals surface area contributed by atoms with Crippen molar-refractivity contribution in [3.05, 3.63) is 18.0 Å². The minimum atomic E-state index is -3.47. The van der Waals surface area contributed by atoms with E-state index >= 15 is 0 Å². The molecule has 19 heavy (non-hydrogen) atoms. The zero-order chi connectivity index (χ0) is 14.7. The molecule has 1 rings (SSSR count). The third kappa shape index (κ3) is 5.64. The highest BCUT2D eigenvalue weighted by molar-refractivity contribution is 7.90. The van der Waals surface area contributed by atoms with Crippen LogP contribution >= 0.6 is 0 Å². The monoisotopic (exact) mass is 287 g/mol. The van der Waals surface area contributed by atoms with Crippen LogP contribution in [0.2, 0.25) is 0 Å². The molecule has 1 N–H and O–H groups in total. The number of hydrogen-bond acceptors (Lipinski definition) is 6. The average Bonchev–Trinajstić information content (AvgIpc) is 2.23. The van der Waals surface area contributed by atoms with E-state index in [2.05, 4.69) is 15.3 Å². The van der Waals surface area contributed by atoms with Crippen molar-refractivity contribution in [3.8, 4) is 0 Å². The number of ether oxygens (including phenoxy) is 1. The van der Waals surface area contributed by atoms with Crippen LogP contribution < -0.4 is 5.32 Å². The van der Waals surface area contributed by atoms with E-state index in [-0.39, 0.29) is 11.8 Å². The summed E-state index contributed by atoms with van der Waals surface area (Å²) >= 11 is 0. The molecule has 0 saturated heterocycles.